The maximum absolute atomic E-state index is 4.24. The summed E-state index contributed by atoms with van der Waals surface area (Å²) >= 11 is 0. The van der Waals surface area contributed by atoms with Crippen molar-refractivity contribution in [3.63, 3.8) is 0 Å². The number of nitrogens with zero attached hydrogens (tertiary/aromatic N) is 1. The van der Waals surface area contributed by atoms with Crippen LogP contribution in [-0.4, -0.2) is 13.1 Å². The van der Waals surface area contributed by atoms with Crippen LogP contribution in [0.5, 0.6) is 0 Å². The van der Waals surface area contributed by atoms with Crippen LogP contribution in [0.25, 0.3) is 0 Å². The van der Waals surface area contributed by atoms with Crippen LogP contribution in [0, 0.1) is 11.8 Å². The Kier molecular flexibility index (Phi) is 3.00. The molecule has 1 aliphatic heterocycles. The number of hydrogen-bond acceptors (Lipinski definition) is 0. The van der Waals surface area contributed by atoms with Gasteiger partial charge in [0.1, 0.15) is 0 Å². The molecule has 1 heterocycles. The second-order valence-corrected chi connectivity index (χ2v) is 3.23. The van der Waals surface area contributed by atoms with Gasteiger partial charge in [-0.1, -0.05) is 36.1 Å². The minimum absolute atomic E-state index is 0.832. The molecule has 69 valence electrons. The first kappa shape index (κ1) is 9.05. The Balaban J connectivity index is 2.10. The van der Waals surface area contributed by atoms with E-state index in [4.69, 9.17) is 0 Å². The van der Waals surface area contributed by atoms with E-state index < -0.39 is 0 Å². The molecule has 1 aliphatic rings. The van der Waals surface area contributed by atoms with Crippen LogP contribution in [0.15, 0.2) is 42.0 Å². The zero-order valence-corrected chi connectivity index (χ0v) is 8.03. The van der Waals surface area contributed by atoms with Crippen molar-refractivity contribution in [1.82, 2.24) is 5.32 Å². The highest BCUT2D eigenvalue weighted by atomic mass is 14.8. The zero-order chi connectivity index (χ0) is 9.64. The summed E-state index contributed by atoms with van der Waals surface area (Å²) in [4.78, 5) is 0. The van der Waals surface area contributed by atoms with Crippen molar-refractivity contribution in [3.8, 4) is 11.8 Å². The minimum Gasteiger partial charge on any atom is -0.237 e. The molecular formula is C13H12N. The summed E-state index contributed by atoms with van der Waals surface area (Å²) in [5, 5.41) is 4.24. The van der Waals surface area contributed by atoms with E-state index in [0.29, 0.717) is 0 Å². The predicted octanol–water partition coefficient (Wildman–Crippen LogP) is 1.97. The molecule has 0 saturated heterocycles. The van der Waals surface area contributed by atoms with E-state index in [-0.39, 0.29) is 0 Å². The summed E-state index contributed by atoms with van der Waals surface area (Å²) in [6.07, 6.45) is 3.11. The molecule has 0 aliphatic carbocycles. The second-order valence-electron chi connectivity index (χ2n) is 3.23. The molecule has 0 bridgehead atoms. The van der Waals surface area contributed by atoms with E-state index in [9.17, 15) is 0 Å². The van der Waals surface area contributed by atoms with Crippen LogP contribution in [0.4, 0.5) is 0 Å². The van der Waals surface area contributed by atoms with Crippen molar-refractivity contribution in [1.29, 1.82) is 0 Å². The summed E-state index contributed by atoms with van der Waals surface area (Å²) in [6, 6.07) is 10.1. The summed E-state index contributed by atoms with van der Waals surface area (Å²) < 4.78 is 0. The van der Waals surface area contributed by atoms with Crippen molar-refractivity contribution in [3.05, 3.63) is 47.5 Å². The summed E-state index contributed by atoms with van der Waals surface area (Å²) in [7, 11) is 0. The lowest BCUT2D eigenvalue weighted by Gasteiger charge is -2.05. The lowest BCUT2D eigenvalue weighted by Crippen LogP contribution is -2.12. The molecule has 0 N–H and O–H groups in total. The van der Waals surface area contributed by atoms with Gasteiger partial charge in [-0.15, -0.1) is 0 Å². The fourth-order valence-electron chi connectivity index (χ4n) is 1.36. The van der Waals surface area contributed by atoms with Crippen molar-refractivity contribution in [2.45, 2.75) is 6.42 Å². The Bertz CT molecular complexity index is 379. The number of hydrogen-bond donors (Lipinski definition) is 0. The number of rotatable bonds is 0. The second kappa shape index (κ2) is 4.64. The Morgan fingerprint density at radius 1 is 1.07 bits per heavy atom. The molecule has 0 aromatic heterocycles. The normalized spacial score (nSPS) is 15.3. The lowest BCUT2D eigenvalue weighted by molar-refractivity contribution is 0.701. The third-order valence-corrected chi connectivity index (χ3v) is 2.15. The van der Waals surface area contributed by atoms with E-state index in [1.54, 1.807) is 0 Å². The van der Waals surface area contributed by atoms with E-state index in [2.05, 4.69) is 23.2 Å². The first-order valence-corrected chi connectivity index (χ1v) is 4.84. The van der Waals surface area contributed by atoms with Gasteiger partial charge in [0.25, 0.3) is 0 Å². The van der Waals surface area contributed by atoms with Crippen LogP contribution < -0.4 is 5.32 Å². The van der Waals surface area contributed by atoms with E-state index in [0.717, 1.165) is 25.1 Å². The highest BCUT2D eigenvalue weighted by Crippen LogP contribution is 2.04. The van der Waals surface area contributed by atoms with Gasteiger partial charge in [-0.05, 0) is 18.6 Å². The maximum Gasteiger partial charge on any atom is 0.0326 e. The van der Waals surface area contributed by atoms with Crippen LogP contribution >= 0.6 is 0 Å². The van der Waals surface area contributed by atoms with Gasteiger partial charge in [0.05, 0.1) is 0 Å². The maximum atomic E-state index is 4.24. The Hall–Kier alpha value is -1.52. The Morgan fingerprint density at radius 3 is 2.64 bits per heavy atom. The molecule has 0 fully saturated rings. The average Bonchev–Trinajstić information content (AvgIpc) is 2.29. The standard InChI is InChI=1S/C13H12N/c1-2-4-12(5-3-1)6-7-13-8-10-14-11-9-13/h1-5,8H,9-11H2. The van der Waals surface area contributed by atoms with Crippen molar-refractivity contribution in [2.24, 2.45) is 0 Å². The molecule has 14 heavy (non-hydrogen) atoms. The van der Waals surface area contributed by atoms with Crippen LogP contribution in [0.1, 0.15) is 12.0 Å². The Labute approximate surface area is 84.8 Å². The first-order chi connectivity index (χ1) is 6.95. The molecule has 0 saturated carbocycles. The van der Waals surface area contributed by atoms with Gasteiger partial charge in [0.15, 0.2) is 0 Å². The molecule has 0 amide bonds. The minimum atomic E-state index is 0.832. The van der Waals surface area contributed by atoms with E-state index in [1.807, 2.05) is 30.3 Å². The summed E-state index contributed by atoms with van der Waals surface area (Å²) in [6.45, 7) is 1.76. The van der Waals surface area contributed by atoms with Crippen LogP contribution in [-0.2, 0) is 0 Å². The number of benzene rings is 1. The summed E-state index contributed by atoms with van der Waals surface area (Å²) in [5.41, 5.74) is 2.31. The molecule has 1 nitrogen and oxygen atoms in total. The van der Waals surface area contributed by atoms with Crippen molar-refractivity contribution < 1.29 is 0 Å². The topological polar surface area (TPSA) is 14.1 Å². The molecule has 2 rings (SSSR count). The molecule has 1 aromatic carbocycles. The highest BCUT2D eigenvalue weighted by Gasteiger charge is 1.99. The highest BCUT2D eigenvalue weighted by molar-refractivity contribution is 5.40. The zero-order valence-electron chi connectivity index (χ0n) is 8.03. The quantitative estimate of drug-likeness (QED) is 0.545. The fourth-order valence-corrected chi connectivity index (χ4v) is 1.36. The molecule has 0 atom stereocenters. The van der Waals surface area contributed by atoms with Crippen LogP contribution in [0.3, 0.4) is 0 Å². The molecule has 0 spiro atoms. The van der Waals surface area contributed by atoms with E-state index in [1.165, 1.54) is 5.57 Å². The van der Waals surface area contributed by atoms with Gasteiger partial charge in [0, 0.05) is 24.2 Å². The molecule has 0 unspecified atom stereocenters. The van der Waals surface area contributed by atoms with Gasteiger partial charge in [0.2, 0.25) is 0 Å². The van der Waals surface area contributed by atoms with Gasteiger partial charge in [-0.2, -0.15) is 0 Å². The van der Waals surface area contributed by atoms with Crippen molar-refractivity contribution >= 4 is 0 Å². The van der Waals surface area contributed by atoms with Crippen LogP contribution in [0.2, 0.25) is 0 Å². The molecule has 1 radical (unpaired) electrons. The third-order valence-electron chi connectivity index (χ3n) is 2.15. The molecule has 1 heteroatoms. The lowest BCUT2D eigenvalue weighted by atomic mass is 10.1. The largest absolute Gasteiger partial charge is 0.237 e. The third kappa shape index (κ3) is 2.48. The molecular weight excluding hydrogens is 170 g/mol. The average molecular weight is 182 g/mol. The first-order valence-electron chi connectivity index (χ1n) is 4.84. The predicted molar refractivity (Wildman–Crippen MR) is 57.9 cm³/mol. The SMILES string of the molecule is C(#Cc1ccccc1)C1=CC[N]CC1. The van der Waals surface area contributed by atoms with E-state index >= 15 is 0 Å². The fraction of sp³-hybridized carbons (Fsp3) is 0.231. The van der Waals surface area contributed by atoms with Gasteiger partial charge >= 0.3 is 0 Å². The van der Waals surface area contributed by atoms with Gasteiger partial charge < -0.3 is 0 Å². The monoisotopic (exact) mass is 182 g/mol. The molecule has 1 aromatic rings. The van der Waals surface area contributed by atoms with Gasteiger partial charge in [-0.25, -0.2) is 5.32 Å². The smallest absolute Gasteiger partial charge is 0.0326 e. The Morgan fingerprint density at radius 2 is 1.93 bits per heavy atom. The van der Waals surface area contributed by atoms with Crippen molar-refractivity contribution in [2.75, 3.05) is 13.1 Å². The summed E-state index contributed by atoms with van der Waals surface area (Å²) in [5.74, 6) is 6.34. The van der Waals surface area contributed by atoms with Gasteiger partial charge in [-0.3, -0.25) is 0 Å².